The molecular formula is C19H22N2O2. The fourth-order valence-corrected chi connectivity index (χ4v) is 2.99. The standard InChI is InChI=1S/C19H22N2O2/c1-22-17-8-7-14(18(12-17)23-2)11-15-5-4-10-21-19(15)16-6-3-9-20-13-16/h3,6-9,11-13,19,21H,4-5,10H2,1-2H3/b15-11+/t19-/m1/s1. The molecule has 1 aromatic heterocycles. The summed E-state index contributed by atoms with van der Waals surface area (Å²) in [5.74, 6) is 1.63. The molecule has 4 heteroatoms. The molecule has 1 N–H and O–H groups in total. The summed E-state index contributed by atoms with van der Waals surface area (Å²) in [5.41, 5.74) is 3.62. The first kappa shape index (κ1) is 15.6. The maximum absolute atomic E-state index is 5.51. The number of pyridine rings is 1. The van der Waals surface area contributed by atoms with Gasteiger partial charge in [0.2, 0.25) is 0 Å². The summed E-state index contributed by atoms with van der Waals surface area (Å²) in [5, 5.41) is 3.59. The number of nitrogens with one attached hydrogen (secondary N) is 1. The Labute approximate surface area is 137 Å². The number of benzene rings is 1. The molecule has 0 saturated carbocycles. The third kappa shape index (κ3) is 3.54. The van der Waals surface area contributed by atoms with Crippen LogP contribution in [0, 0.1) is 0 Å². The van der Waals surface area contributed by atoms with Gasteiger partial charge in [0.05, 0.1) is 20.3 Å². The van der Waals surface area contributed by atoms with Crippen molar-refractivity contribution in [3.8, 4) is 11.5 Å². The molecule has 0 spiro atoms. The molecule has 3 rings (SSSR count). The highest BCUT2D eigenvalue weighted by atomic mass is 16.5. The Morgan fingerprint density at radius 3 is 2.87 bits per heavy atom. The van der Waals surface area contributed by atoms with Gasteiger partial charge in [0, 0.05) is 24.0 Å². The molecule has 2 aromatic rings. The summed E-state index contributed by atoms with van der Waals surface area (Å²) in [6.45, 7) is 1.02. The Bertz CT molecular complexity index is 683. The van der Waals surface area contributed by atoms with Gasteiger partial charge in [-0.2, -0.15) is 0 Å². The number of ether oxygens (including phenoxy) is 2. The van der Waals surface area contributed by atoms with Gasteiger partial charge in [0.15, 0.2) is 0 Å². The van der Waals surface area contributed by atoms with E-state index >= 15 is 0 Å². The number of rotatable bonds is 4. The average Bonchev–Trinajstić information content (AvgIpc) is 2.63. The van der Waals surface area contributed by atoms with Crippen molar-refractivity contribution in [2.24, 2.45) is 0 Å². The maximum atomic E-state index is 5.51. The van der Waals surface area contributed by atoms with Crippen molar-refractivity contribution in [2.45, 2.75) is 18.9 Å². The van der Waals surface area contributed by atoms with Crippen molar-refractivity contribution in [1.29, 1.82) is 0 Å². The number of hydrogen-bond acceptors (Lipinski definition) is 4. The van der Waals surface area contributed by atoms with Crippen LogP contribution in [0.4, 0.5) is 0 Å². The Morgan fingerprint density at radius 2 is 2.13 bits per heavy atom. The van der Waals surface area contributed by atoms with E-state index in [0.717, 1.165) is 36.4 Å². The quantitative estimate of drug-likeness (QED) is 0.937. The average molecular weight is 310 g/mol. The third-order valence-electron chi connectivity index (χ3n) is 4.16. The molecule has 1 aromatic carbocycles. The van der Waals surface area contributed by atoms with Crippen LogP contribution in [0.2, 0.25) is 0 Å². The zero-order valence-corrected chi connectivity index (χ0v) is 13.6. The topological polar surface area (TPSA) is 43.4 Å². The number of piperidine rings is 1. The molecular weight excluding hydrogens is 288 g/mol. The highest BCUT2D eigenvalue weighted by Gasteiger charge is 2.20. The molecule has 0 radical (unpaired) electrons. The van der Waals surface area contributed by atoms with Crippen LogP contribution in [0.3, 0.4) is 0 Å². The minimum absolute atomic E-state index is 0.212. The van der Waals surface area contributed by atoms with E-state index < -0.39 is 0 Å². The van der Waals surface area contributed by atoms with Gasteiger partial charge in [-0.15, -0.1) is 0 Å². The predicted molar refractivity (Wildman–Crippen MR) is 91.7 cm³/mol. The molecule has 2 heterocycles. The summed E-state index contributed by atoms with van der Waals surface area (Å²) in [4.78, 5) is 4.25. The number of methoxy groups -OCH3 is 2. The SMILES string of the molecule is COc1ccc(/C=C2\CCCN[C@H]2c2cccnc2)c(OC)c1. The fraction of sp³-hybridized carbons (Fsp3) is 0.316. The number of hydrogen-bond donors (Lipinski definition) is 1. The van der Waals surface area contributed by atoms with Gasteiger partial charge in [0.1, 0.15) is 11.5 Å². The van der Waals surface area contributed by atoms with Crippen molar-refractivity contribution >= 4 is 6.08 Å². The van der Waals surface area contributed by atoms with Crippen molar-refractivity contribution < 1.29 is 9.47 Å². The van der Waals surface area contributed by atoms with E-state index in [2.05, 4.69) is 22.4 Å². The lowest BCUT2D eigenvalue weighted by Gasteiger charge is -2.27. The molecule has 1 fully saturated rings. The molecule has 23 heavy (non-hydrogen) atoms. The van der Waals surface area contributed by atoms with E-state index in [1.54, 1.807) is 14.2 Å². The Morgan fingerprint density at radius 1 is 1.22 bits per heavy atom. The lowest BCUT2D eigenvalue weighted by molar-refractivity contribution is 0.393. The second-order valence-corrected chi connectivity index (χ2v) is 5.60. The van der Waals surface area contributed by atoms with Gasteiger partial charge in [-0.25, -0.2) is 0 Å². The molecule has 1 atom stereocenters. The number of aromatic nitrogens is 1. The molecule has 1 saturated heterocycles. The maximum Gasteiger partial charge on any atom is 0.129 e. The van der Waals surface area contributed by atoms with Crippen LogP contribution in [0.5, 0.6) is 11.5 Å². The normalized spacial score (nSPS) is 19.6. The van der Waals surface area contributed by atoms with E-state index in [9.17, 15) is 0 Å². The van der Waals surface area contributed by atoms with E-state index in [1.807, 2.05) is 36.7 Å². The molecule has 1 aliphatic heterocycles. The fourth-order valence-electron chi connectivity index (χ4n) is 2.99. The lowest BCUT2D eigenvalue weighted by atomic mass is 9.91. The van der Waals surface area contributed by atoms with Gasteiger partial charge < -0.3 is 14.8 Å². The third-order valence-corrected chi connectivity index (χ3v) is 4.16. The monoisotopic (exact) mass is 310 g/mol. The van der Waals surface area contributed by atoms with Crippen LogP contribution in [-0.4, -0.2) is 25.7 Å². The Kier molecular flexibility index (Phi) is 4.93. The molecule has 120 valence electrons. The largest absolute Gasteiger partial charge is 0.497 e. The highest BCUT2D eigenvalue weighted by molar-refractivity contribution is 5.63. The van der Waals surface area contributed by atoms with Crippen molar-refractivity contribution in [3.05, 3.63) is 59.4 Å². The molecule has 0 bridgehead atoms. The van der Waals surface area contributed by atoms with E-state index in [1.165, 1.54) is 11.1 Å². The highest BCUT2D eigenvalue weighted by Crippen LogP contribution is 2.33. The lowest BCUT2D eigenvalue weighted by Crippen LogP contribution is -2.28. The van der Waals surface area contributed by atoms with Crippen LogP contribution >= 0.6 is 0 Å². The van der Waals surface area contributed by atoms with Crippen molar-refractivity contribution in [2.75, 3.05) is 20.8 Å². The zero-order chi connectivity index (χ0) is 16.1. The molecule has 0 aliphatic carbocycles. The molecule has 0 unspecified atom stereocenters. The van der Waals surface area contributed by atoms with Crippen molar-refractivity contribution in [1.82, 2.24) is 10.3 Å². The Hall–Kier alpha value is -2.33. The predicted octanol–water partition coefficient (Wildman–Crippen LogP) is 3.61. The van der Waals surface area contributed by atoms with Crippen LogP contribution in [0.25, 0.3) is 6.08 Å². The molecule has 4 nitrogen and oxygen atoms in total. The van der Waals surface area contributed by atoms with E-state index in [0.29, 0.717) is 0 Å². The van der Waals surface area contributed by atoms with Gasteiger partial charge in [-0.05, 0) is 48.7 Å². The molecule has 1 aliphatic rings. The Balaban J connectivity index is 1.96. The summed E-state index contributed by atoms with van der Waals surface area (Å²) in [6, 6.07) is 10.2. The summed E-state index contributed by atoms with van der Waals surface area (Å²) < 4.78 is 10.8. The minimum atomic E-state index is 0.212. The first-order valence-corrected chi connectivity index (χ1v) is 7.87. The summed E-state index contributed by atoms with van der Waals surface area (Å²) in [6.07, 6.45) is 8.18. The first-order valence-electron chi connectivity index (χ1n) is 7.87. The van der Waals surface area contributed by atoms with Crippen molar-refractivity contribution in [3.63, 3.8) is 0 Å². The number of nitrogens with zero attached hydrogens (tertiary/aromatic N) is 1. The smallest absolute Gasteiger partial charge is 0.129 e. The summed E-state index contributed by atoms with van der Waals surface area (Å²) >= 11 is 0. The van der Waals surface area contributed by atoms with Gasteiger partial charge in [0.25, 0.3) is 0 Å². The van der Waals surface area contributed by atoms with Gasteiger partial charge >= 0.3 is 0 Å². The first-order chi connectivity index (χ1) is 11.3. The van der Waals surface area contributed by atoms with Crippen LogP contribution in [0.1, 0.15) is 30.0 Å². The molecule has 0 amide bonds. The van der Waals surface area contributed by atoms with E-state index in [4.69, 9.17) is 9.47 Å². The second kappa shape index (κ2) is 7.29. The summed E-state index contributed by atoms with van der Waals surface area (Å²) in [7, 11) is 3.35. The van der Waals surface area contributed by atoms with Crippen LogP contribution < -0.4 is 14.8 Å². The van der Waals surface area contributed by atoms with Gasteiger partial charge in [-0.1, -0.05) is 12.1 Å². The van der Waals surface area contributed by atoms with Gasteiger partial charge in [-0.3, -0.25) is 4.98 Å². The second-order valence-electron chi connectivity index (χ2n) is 5.60. The van der Waals surface area contributed by atoms with Crippen LogP contribution in [0.15, 0.2) is 48.3 Å². The zero-order valence-electron chi connectivity index (χ0n) is 13.6. The van der Waals surface area contributed by atoms with Crippen LogP contribution in [-0.2, 0) is 0 Å². The minimum Gasteiger partial charge on any atom is -0.497 e. The van der Waals surface area contributed by atoms with E-state index in [-0.39, 0.29) is 6.04 Å².